The van der Waals surface area contributed by atoms with Crippen LogP contribution in [0.1, 0.15) is 30.2 Å². The monoisotopic (exact) mass is 289 g/mol. The Morgan fingerprint density at radius 3 is 2.70 bits per heavy atom. The molecule has 1 aromatic carbocycles. The first-order valence-corrected chi connectivity index (χ1v) is 8.21. The lowest BCUT2D eigenvalue weighted by Crippen LogP contribution is -2.16. The zero-order valence-electron chi connectivity index (χ0n) is 12.1. The molecule has 20 heavy (non-hydrogen) atoms. The predicted octanol–water partition coefficient (Wildman–Crippen LogP) is 4.26. The van der Waals surface area contributed by atoms with Crippen LogP contribution < -0.4 is 10.1 Å². The minimum atomic E-state index is 0.814. The zero-order chi connectivity index (χ0) is 14.0. The van der Waals surface area contributed by atoms with Crippen molar-refractivity contribution < 1.29 is 4.74 Å². The molecule has 2 aromatic rings. The maximum absolute atomic E-state index is 5.66. The van der Waals surface area contributed by atoms with Gasteiger partial charge in [-0.15, -0.1) is 11.3 Å². The van der Waals surface area contributed by atoms with E-state index in [1.165, 1.54) is 16.9 Å². The van der Waals surface area contributed by atoms with Gasteiger partial charge in [0.15, 0.2) is 0 Å². The Kier molecular flexibility index (Phi) is 6.61. The smallest absolute Gasteiger partial charge is 0.119 e. The van der Waals surface area contributed by atoms with Crippen molar-refractivity contribution in [3.8, 4) is 5.75 Å². The first kappa shape index (κ1) is 15.1. The summed E-state index contributed by atoms with van der Waals surface area (Å²) in [4.78, 5) is 1.44. The molecule has 0 unspecified atom stereocenters. The van der Waals surface area contributed by atoms with Gasteiger partial charge < -0.3 is 10.1 Å². The van der Waals surface area contributed by atoms with E-state index in [1.807, 2.05) is 11.3 Å². The molecule has 0 fully saturated rings. The third kappa shape index (κ3) is 5.35. The first-order chi connectivity index (χ1) is 9.88. The molecule has 2 rings (SSSR count). The van der Waals surface area contributed by atoms with Crippen molar-refractivity contribution in [3.63, 3.8) is 0 Å². The minimum Gasteiger partial charge on any atom is -0.494 e. The van der Waals surface area contributed by atoms with Crippen LogP contribution in [0.4, 0.5) is 0 Å². The summed E-state index contributed by atoms with van der Waals surface area (Å²) < 4.78 is 5.66. The van der Waals surface area contributed by atoms with Crippen molar-refractivity contribution in [1.82, 2.24) is 5.32 Å². The maximum Gasteiger partial charge on any atom is 0.119 e. The lowest BCUT2D eigenvalue weighted by Gasteiger charge is -2.07. The topological polar surface area (TPSA) is 21.3 Å². The standard InChI is InChI=1S/C17H23NOS/c1-2-3-12-19-16-8-6-15(7-9-16)14-18-11-10-17-5-4-13-20-17/h4-9,13,18H,2-3,10-12,14H2,1H3. The fraction of sp³-hybridized carbons (Fsp3) is 0.412. The molecule has 0 spiro atoms. The van der Waals surface area contributed by atoms with Gasteiger partial charge in [0.2, 0.25) is 0 Å². The van der Waals surface area contributed by atoms with Gasteiger partial charge in [0.05, 0.1) is 6.61 Å². The summed E-state index contributed by atoms with van der Waals surface area (Å²) in [6.45, 7) is 4.93. The Hall–Kier alpha value is -1.32. The molecule has 0 aliphatic heterocycles. The van der Waals surface area contributed by atoms with Crippen molar-refractivity contribution in [3.05, 3.63) is 52.2 Å². The number of hydrogen-bond donors (Lipinski definition) is 1. The summed E-state index contributed by atoms with van der Waals surface area (Å²) in [5.41, 5.74) is 1.30. The molecule has 0 atom stereocenters. The summed E-state index contributed by atoms with van der Waals surface area (Å²) >= 11 is 1.82. The highest BCUT2D eigenvalue weighted by atomic mass is 32.1. The van der Waals surface area contributed by atoms with Gasteiger partial charge in [-0.1, -0.05) is 31.5 Å². The Balaban J connectivity index is 1.65. The molecule has 0 aliphatic carbocycles. The number of hydrogen-bond acceptors (Lipinski definition) is 3. The van der Waals surface area contributed by atoms with E-state index in [0.29, 0.717) is 0 Å². The van der Waals surface area contributed by atoms with Crippen LogP contribution in [0.15, 0.2) is 41.8 Å². The summed E-state index contributed by atoms with van der Waals surface area (Å²) in [5.74, 6) is 0.973. The third-order valence-corrected chi connectivity index (χ3v) is 4.08. The second-order valence-electron chi connectivity index (χ2n) is 4.85. The van der Waals surface area contributed by atoms with Crippen LogP contribution in [0.3, 0.4) is 0 Å². The fourth-order valence-electron chi connectivity index (χ4n) is 1.94. The van der Waals surface area contributed by atoms with Crippen molar-refractivity contribution in [2.24, 2.45) is 0 Å². The number of thiophene rings is 1. The maximum atomic E-state index is 5.66. The quantitative estimate of drug-likeness (QED) is 0.696. The van der Waals surface area contributed by atoms with Crippen molar-refractivity contribution in [1.29, 1.82) is 0 Å². The van der Waals surface area contributed by atoms with Gasteiger partial charge in [-0.25, -0.2) is 0 Å². The largest absolute Gasteiger partial charge is 0.494 e. The van der Waals surface area contributed by atoms with Crippen LogP contribution in [0.25, 0.3) is 0 Å². The molecule has 1 N–H and O–H groups in total. The van der Waals surface area contributed by atoms with Gasteiger partial charge in [0.25, 0.3) is 0 Å². The molecule has 0 amide bonds. The molecular formula is C17H23NOS. The molecule has 3 heteroatoms. The van der Waals surface area contributed by atoms with Crippen molar-refractivity contribution in [2.45, 2.75) is 32.7 Å². The first-order valence-electron chi connectivity index (χ1n) is 7.33. The van der Waals surface area contributed by atoms with Crippen molar-refractivity contribution in [2.75, 3.05) is 13.2 Å². The Morgan fingerprint density at radius 1 is 1.15 bits per heavy atom. The van der Waals surface area contributed by atoms with Gasteiger partial charge in [-0.05, 0) is 42.0 Å². The van der Waals surface area contributed by atoms with Crippen LogP contribution in [0, 0.1) is 0 Å². The highest BCUT2D eigenvalue weighted by Crippen LogP contribution is 2.13. The number of nitrogens with one attached hydrogen (secondary N) is 1. The lowest BCUT2D eigenvalue weighted by molar-refractivity contribution is 0.309. The van der Waals surface area contributed by atoms with Crippen molar-refractivity contribution >= 4 is 11.3 Å². The third-order valence-electron chi connectivity index (χ3n) is 3.15. The highest BCUT2D eigenvalue weighted by Gasteiger charge is 1.97. The predicted molar refractivity (Wildman–Crippen MR) is 86.6 cm³/mol. The zero-order valence-corrected chi connectivity index (χ0v) is 12.9. The van der Waals surface area contributed by atoms with E-state index in [2.05, 4.69) is 54.0 Å². The SMILES string of the molecule is CCCCOc1ccc(CNCCc2cccs2)cc1. The number of unbranched alkanes of at least 4 members (excludes halogenated alkanes) is 1. The number of rotatable bonds is 9. The van der Waals surface area contributed by atoms with Crippen LogP contribution >= 0.6 is 11.3 Å². The Bertz CT molecular complexity index is 464. The second-order valence-corrected chi connectivity index (χ2v) is 5.88. The van der Waals surface area contributed by atoms with Crippen LogP contribution in [-0.2, 0) is 13.0 Å². The average Bonchev–Trinajstić information content (AvgIpc) is 2.99. The highest BCUT2D eigenvalue weighted by molar-refractivity contribution is 7.09. The van der Waals surface area contributed by atoms with E-state index in [0.717, 1.165) is 38.3 Å². The van der Waals surface area contributed by atoms with Gasteiger partial charge >= 0.3 is 0 Å². The summed E-state index contributed by atoms with van der Waals surface area (Å²) in [7, 11) is 0. The molecule has 1 heterocycles. The average molecular weight is 289 g/mol. The van der Waals surface area contributed by atoms with Gasteiger partial charge in [-0.2, -0.15) is 0 Å². The van der Waals surface area contributed by atoms with Gasteiger partial charge in [-0.3, -0.25) is 0 Å². The van der Waals surface area contributed by atoms with E-state index in [9.17, 15) is 0 Å². The summed E-state index contributed by atoms with van der Waals surface area (Å²) in [6, 6.07) is 12.7. The normalized spacial score (nSPS) is 10.7. The fourth-order valence-corrected chi connectivity index (χ4v) is 2.65. The van der Waals surface area contributed by atoms with Gasteiger partial charge in [0, 0.05) is 18.0 Å². The van der Waals surface area contributed by atoms with Crippen LogP contribution in [0.5, 0.6) is 5.75 Å². The Labute approximate surface area is 125 Å². The Morgan fingerprint density at radius 2 is 2.00 bits per heavy atom. The van der Waals surface area contributed by atoms with E-state index < -0.39 is 0 Å². The molecule has 0 aliphatic rings. The lowest BCUT2D eigenvalue weighted by atomic mass is 10.2. The van der Waals surface area contributed by atoms with Crippen LogP contribution in [0.2, 0.25) is 0 Å². The molecule has 2 nitrogen and oxygen atoms in total. The van der Waals surface area contributed by atoms with E-state index in [4.69, 9.17) is 4.74 Å². The minimum absolute atomic E-state index is 0.814. The van der Waals surface area contributed by atoms with E-state index in [1.54, 1.807) is 0 Å². The molecular weight excluding hydrogens is 266 g/mol. The number of ether oxygens (including phenoxy) is 1. The summed E-state index contributed by atoms with van der Waals surface area (Å²) in [5, 5.41) is 5.61. The molecule has 0 radical (unpaired) electrons. The van der Waals surface area contributed by atoms with E-state index >= 15 is 0 Å². The molecule has 0 bridgehead atoms. The van der Waals surface area contributed by atoms with Gasteiger partial charge in [0.1, 0.15) is 5.75 Å². The summed E-state index contributed by atoms with van der Waals surface area (Å²) in [6.07, 6.45) is 3.40. The second kappa shape index (κ2) is 8.77. The molecule has 0 saturated heterocycles. The van der Waals surface area contributed by atoms with E-state index in [-0.39, 0.29) is 0 Å². The van der Waals surface area contributed by atoms with Crippen LogP contribution in [-0.4, -0.2) is 13.2 Å². The molecule has 1 aromatic heterocycles. The number of benzene rings is 1. The molecule has 0 saturated carbocycles. The molecule has 108 valence electrons.